The molecular weight excluding hydrogens is 228 g/mol. The average molecular weight is 246 g/mol. The van der Waals surface area contributed by atoms with Gasteiger partial charge in [0.1, 0.15) is 6.04 Å². The Hall–Kier alpha value is -1.63. The fraction of sp³-hybridized carbons (Fsp3) is 0.700. The van der Waals surface area contributed by atoms with Crippen LogP contribution < -0.4 is 11.1 Å². The Bertz CT molecular complexity index is 280. The molecule has 7 heteroatoms. The van der Waals surface area contributed by atoms with Crippen LogP contribution in [-0.2, 0) is 19.1 Å². The van der Waals surface area contributed by atoms with Gasteiger partial charge in [-0.3, -0.25) is 9.59 Å². The van der Waals surface area contributed by atoms with Crippen molar-refractivity contribution in [2.75, 3.05) is 13.7 Å². The quantitative estimate of drug-likeness (QED) is 0.485. The molecule has 1 atom stereocenters. The van der Waals surface area contributed by atoms with Gasteiger partial charge in [0.15, 0.2) is 0 Å². The Morgan fingerprint density at radius 2 is 2.00 bits per heavy atom. The number of nitrogens with two attached hydrogens (primary N) is 1. The summed E-state index contributed by atoms with van der Waals surface area (Å²) in [7, 11) is 1.22. The molecule has 0 aliphatic carbocycles. The van der Waals surface area contributed by atoms with E-state index in [9.17, 15) is 14.4 Å². The zero-order valence-corrected chi connectivity index (χ0v) is 9.77. The zero-order chi connectivity index (χ0) is 13.3. The summed E-state index contributed by atoms with van der Waals surface area (Å²) in [5, 5.41) is 11.2. The number of esters is 1. The number of carboxylic acids is 1. The van der Waals surface area contributed by atoms with E-state index in [0.29, 0.717) is 13.0 Å². The van der Waals surface area contributed by atoms with E-state index >= 15 is 0 Å². The van der Waals surface area contributed by atoms with Gasteiger partial charge in [-0.05, 0) is 19.4 Å². The minimum absolute atomic E-state index is 0.0103. The maximum absolute atomic E-state index is 11.3. The number of aliphatic carboxylic acids is 1. The van der Waals surface area contributed by atoms with Crippen molar-refractivity contribution in [3.63, 3.8) is 0 Å². The van der Waals surface area contributed by atoms with E-state index in [-0.39, 0.29) is 25.2 Å². The van der Waals surface area contributed by atoms with E-state index in [1.165, 1.54) is 7.11 Å². The molecule has 0 spiro atoms. The number of methoxy groups -OCH3 is 1. The molecule has 98 valence electrons. The number of carbonyl (C=O) groups excluding carboxylic acids is 2. The number of amides is 1. The highest BCUT2D eigenvalue weighted by atomic mass is 16.5. The Morgan fingerprint density at radius 1 is 1.35 bits per heavy atom. The summed E-state index contributed by atoms with van der Waals surface area (Å²) in [4.78, 5) is 33.0. The van der Waals surface area contributed by atoms with Crippen LogP contribution in [0.25, 0.3) is 0 Å². The molecule has 0 unspecified atom stereocenters. The van der Waals surface area contributed by atoms with Crippen LogP contribution in [0.3, 0.4) is 0 Å². The van der Waals surface area contributed by atoms with Gasteiger partial charge in [-0.1, -0.05) is 0 Å². The largest absolute Gasteiger partial charge is 0.480 e. The first-order valence-corrected chi connectivity index (χ1v) is 5.30. The first-order chi connectivity index (χ1) is 8.01. The van der Waals surface area contributed by atoms with Gasteiger partial charge in [0.05, 0.1) is 7.11 Å². The average Bonchev–Trinajstić information content (AvgIpc) is 2.30. The maximum Gasteiger partial charge on any atom is 0.326 e. The molecule has 0 aromatic carbocycles. The van der Waals surface area contributed by atoms with E-state index in [1.54, 1.807) is 0 Å². The van der Waals surface area contributed by atoms with Gasteiger partial charge in [0.2, 0.25) is 5.91 Å². The highest BCUT2D eigenvalue weighted by Gasteiger charge is 2.20. The molecule has 17 heavy (non-hydrogen) atoms. The summed E-state index contributed by atoms with van der Waals surface area (Å²) in [6, 6.07) is -1.07. The molecule has 0 saturated carbocycles. The third-order valence-electron chi connectivity index (χ3n) is 2.11. The lowest BCUT2D eigenvalue weighted by Crippen LogP contribution is -2.41. The van der Waals surface area contributed by atoms with Gasteiger partial charge in [0.25, 0.3) is 0 Å². The molecule has 0 heterocycles. The van der Waals surface area contributed by atoms with E-state index in [0.717, 1.165) is 0 Å². The van der Waals surface area contributed by atoms with Crippen LogP contribution in [0.2, 0.25) is 0 Å². The van der Waals surface area contributed by atoms with Crippen molar-refractivity contribution < 1.29 is 24.2 Å². The van der Waals surface area contributed by atoms with Crippen LogP contribution in [0.15, 0.2) is 0 Å². The fourth-order valence-corrected chi connectivity index (χ4v) is 1.15. The van der Waals surface area contributed by atoms with Gasteiger partial charge < -0.3 is 20.9 Å². The summed E-state index contributed by atoms with van der Waals surface area (Å²) in [5.74, 6) is -2.06. The van der Waals surface area contributed by atoms with Crippen molar-refractivity contribution >= 4 is 17.8 Å². The third-order valence-corrected chi connectivity index (χ3v) is 2.11. The van der Waals surface area contributed by atoms with Crippen molar-refractivity contribution in [1.29, 1.82) is 0 Å². The summed E-state index contributed by atoms with van der Waals surface area (Å²) < 4.78 is 4.39. The van der Waals surface area contributed by atoms with Crippen LogP contribution in [0.4, 0.5) is 0 Å². The molecule has 0 aliphatic heterocycles. The highest BCUT2D eigenvalue weighted by molar-refractivity contribution is 5.83. The lowest BCUT2D eigenvalue weighted by Gasteiger charge is -2.13. The van der Waals surface area contributed by atoms with Gasteiger partial charge in [0, 0.05) is 12.8 Å². The predicted octanol–water partition coefficient (Wildman–Crippen LogP) is -0.752. The molecule has 7 nitrogen and oxygen atoms in total. The third kappa shape index (κ3) is 7.29. The normalized spacial score (nSPS) is 11.6. The van der Waals surface area contributed by atoms with Gasteiger partial charge in [-0.25, -0.2) is 4.79 Å². The SMILES string of the molecule is COC(=O)CC[C@@H](NC(=O)CCCN)C(=O)O. The lowest BCUT2D eigenvalue weighted by atomic mass is 10.1. The molecule has 1 amide bonds. The first-order valence-electron chi connectivity index (χ1n) is 5.30. The Balaban J connectivity index is 4.10. The lowest BCUT2D eigenvalue weighted by molar-refractivity contribution is -0.144. The molecular formula is C10H18N2O5. The number of nitrogens with one attached hydrogen (secondary N) is 1. The number of carboxylic acid groups (broad SMARTS) is 1. The van der Waals surface area contributed by atoms with E-state index in [2.05, 4.69) is 10.1 Å². The van der Waals surface area contributed by atoms with Crippen LogP contribution >= 0.6 is 0 Å². The smallest absolute Gasteiger partial charge is 0.326 e. The highest BCUT2D eigenvalue weighted by Crippen LogP contribution is 2.00. The molecule has 0 radical (unpaired) electrons. The molecule has 0 fully saturated rings. The monoisotopic (exact) mass is 246 g/mol. The maximum atomic E-state index is 11.3. The van der Waals surface area contributed by atoms with Gasteiger partial charge in [-0.15, -0.1) is 0 Å². The molecule has 0 rings (SSSR count). The number of carbonyl (C=O) groups is 3. The second kappa shape index (κ2) is 8.51. The van der Waals surface area contributed by atoms with Crippen LogP contribution in [0, 0.1) is 0 Å². The summed E-state index contributed by atoms with van der Waals surface area (Å²) in [5.41, 5.74) is 5.23. The molecule has 0 aromatic rings. The molecule has 0 aromatic heterocycles. The van der Waals surface area contributed by atoms with Crippen molar-refractivity contribution in [3.05, 3.63) is 0 Å². The fourth-order valence-electron chi connectivity index (χ4n) is 1.15. The van der Waals surface area contributed by atoms with Crippen molar-refractivity contribution in [2.45, 2.75) is 31.7 Å². The van der Waals surface area contributed by atoms with Crippen molar-refractivity contribution in [1.82, 2.24) is 5.32 Å². The Kier molecular flexibility index (Phi) is 7.70. The number of ether oxygens (including phenoxy) is 1. The molecule has 4 N–H and O–H groups in total. The second-order valence-corrected chi connectivity index (χ2v) is 3.47. The van der Waals surface area contributed by atoms with E-state index < -0.39 is 18.0 Å². The summed E-state index contributed by atoms with van der Waals surface area (Å²) in [6.45, 7) is 0.368. The van der Waals surface area contributed by atoms with Gasteiger partial charge >= 0.3 is 11.9 Å². The Labute approximate surface area is 99.3 Å². The van der Waals surface area contributed by atoms with Crippen molar-refractivity contribution in [2.24, 2.45) is 5.73 Å². The number of hydrogen-bond donors (Lipinski definition) is 3. The minimum atomic E-state index is -1.17. The molecule has 0 aliphatic rings. The van der Waals surface area contributed by atoms with Crippen LogP contribution in [-0.4, -0.2) is 42.6 Å². The Morgan fingerprint density at radius 3 is 2.47 bits per heavy atom. The van der Waals surface area contributed by atoms with E-state index in [1.807, 2.05) is 0 Å². The van der Waals surface area contributed by atoms with E-state index in [4.69, 9.17) is 10.8 Å². The topological polar surface area (TPSA) is 119 Å². The number of hydrogen-bond acceptors (Lipinski definition) is 5. The first kappa shape index (κ1) is 15.4. The standard InChI is InChI=1S/C10H18N2O5/c1-17-9(14)5-4-7(10(15)16)12-8(13)3-2-6-11/h7H,2-6,11H2,1H3,(H,12,13)(H,15,16)/t7-/m1/s1. The van der Waals surface area contributed by atoms with Gasteiger partial charge in [-0.2, -0.15) is 0 Å². The minimum Gasteiger partial charge on any atom is -0.480 e. The van der Waals surface area contributed by atoms with Crippen molar-refractivity contribution in [3.8, 4) is 0 Å². The number of rotatable bonds is 8. The molecule has 0 saturated heterocycles. The zero-order valence-electron chi connectivity index (χ0n) is 9.77. The summed E-state index contributed by atoms with van der Waals surface area (Å²) >= 11 is 0. The van der Waals surface area contributed by atoms with Crippen LogP contribution in [0.1, 0.15) is 25.7 Å². The summed E-state index contributed by atoms with van der Waals surface area (Å²) in [6.07, 6.45) is 0.634. The molecule has 0 bridgehead atoms. The predicted molar refractivity (Wildman–Crippen MR) is 59.1 cm³/mol. The van der Waals surface area contributed by atoms with Crippen LogP contribution in [0.5, 0.6) is 0 Å². The second-order valence-electron chi connectivity index (χ2n) is 3.47.